The van der Waals surface area contributed by atoms with E-state index < -0.39 is 0 Å². The molecule has 0 N–H and O–H groups in total. The highest BCUT2D eigenvalue weighted by Crippen LogP contribution is 2.13. The van der Waals surface area contributed by atoms with Gasteiger partial charge in [0.25, 0.3) is 0 Å². The molecule has 1 aromatic heterocycles. The maximum Gasteiger partial charge on any atom is 0.236 e. The molecular formula is C14H20IN5O2. The monoisotopic (exact) mass is 417 g/mol. The van der Waals surface area contributed by atoms with E-state index in [2.05, 4.69) is 42.6 Å². The van der Waals surface area contributed by atoms with Crippen molar-refractivity contribution in [3.8, 4) is 0 Å². The van der Waals surface area contributed by atoms with E-state index in [9.17, 15) is 4.79 Å². The van der Waals surface area contributed by atoms with Gasteiger partial charge in [0.1, 0.15) is 3.70 Å². The lowest BCUT2D eigenvalue weighted by molar-refractivity contribution is -0.136. The number of amides is 1. The van der Waals surface area contributed by atoms with Crippen LogP contribution >= 0.6 is 22.6 Å². The highest BCUT2D eigenvalue weighted by atomic mass is 127. The van der Waals surface area contributed by atoms with E-state index in [0.29, 0.717) is 19.8 Å². The smallest absolute Gasteiger partial charge is 0.236 e. The van der Waals surface area contributed by atoms with Crippen LogP contribution in [0.4, 0.5) is 5.82 Å². The van der Waals surface area contributed by atoms with Crippen molar-refractivity contribution in [2.45, 2.75) is 0 Å². The molecule has 1 aromatic rings. The Morgan fingerprint density at radius 2 is 1.82 bits per heavy atom. The topological polar surface area (TPSA) is 61.8 Å². The summed E-state index contributed by atoms with van der Waals surface area (Å²) in [6.07, 6.45) is 0. The third-order valence-electron chi connectivity index (χ3n) is 4.04. The number of carbonyl (C=O) groups is 1. The molecule has 7 nitrogen and oxygen atoms in total. The molecule has 120 valence electrons. The molecule has 3 rings (SSSR count). The van der Waals surface area contributed by atoms with Crippen LogP contribution in [0.2, 0.25) is 0 Å². The highest BCUT2D eigenvalue weighted by molar-refractivity contribution is 14.1. The zero-order chi connectivity index (χ0) is 15.4. The van der Waals surface area contributed by atoms with Crippen molar-refractivity contribution in [3.63, 3.8) is 0 Å². The van der Waals surface area contributed by atoms with Gasteiger partial charge in [-0.3, -0.25) is 9.69 Å². The lowest BCUT2D eigenvalue weighted by atomic mass is 10.3. The second-order valence-corrected chi connectivity index (χ2v) is 6.58. The second kappa shape index (κ2) is 7.51. The van der Waals surface area contributed by atoms with Gasteiger partial charge in [-0.25, -0.2) is 0 Å². The van der Waals surface area contributed by atoms with Gasteiger partial charge in [0.15, 0.2) is 5.82 Å². The summed E-state index contributed by atoms with van der Waals surface area (Å²) in [5.41, 5.74) is 0. The first-order valence-corrected chi connectivity index (χ1v) is 8.62. The van der Waals surface area contributed by atoms with Crippen molar-refractivity contribution >= 4 is 34.3 Å². The number of piperazine rings is 1. The van der Waals surface area contributed by atoms with Gasteiger partial charge in [0, 0.05) is 39.3 Å². The van der Waals surface area contributed by atoms with E-state index in [0.717, 1.165) is 48.8 Å². The van der Waals surface area contributed by atoms with Gasteiger partial charge in [0.05, 0.1) is 19.8 Å². The number of nitrogens with zero attached hydrogens (tertiary/aromatic N) is 5. The van der Waals surface area contributed by atoms with Crippen LogP contribution in [0.25, 0.3) is 0 Å². The number of ether oxygens (including phenoxy) is 1. The Kier molecular flexibility index (Phi) is 5.42. The fourth-order valence-electron chi connectivity index (χ4n) is 2.72. The average molecular weight is 417 g/mol. The standard InChI is InChI=1S/C14H20IN5O2/c15-12-1-2-13(17-16-12)19-5-3-18(4-6-19)11-14(21)20-7-9-22-10-8-20/h1-2H,3-11H2. The summed E-state index contributed by atoms with van der Waals surface area (Å²) in [6.45, 7) is 6.78. The molecule has 8 heteroatoms. The number of carbonyl (C=O) groups excluding carboxylic acids is 1. The van der Waals surface area contributed by atoms with Crippen LogP contribution in [0.3, 0.4) is 0 Å². The number of morpholine rings is 1. The van der Waals surface area contributed by atoms with Crippen molar-refractivity contribution < 1.29 is 9.53 Å². The van der Waals surface area contributed by atoms with E-state index in [1.54, 1.807) is 0 Å². The Morgan fingerprint density at radius 3 is 2.45 bits per heavy atom. The van der Waals surface area contributed by atoms with Gasteiger partial charge < -0.3 is 14.5 Å². The van der Waals surface area contributed by atoms with Crippen LogP contribution in [0.5, 0.6) is 0 Å². The molecule has 0 aliphatic carbocycles. The van der Waals surface area contributed by atoms with Crippen LogP contribution in [0.1, 0.15) is 0 Å². The lowest BCUT2D eigenvalue weighted by Gasteiger charge is -2.36. The maximum atomic E-state index is 12.2. The summed E-state index contributed by atoms with van der Waals surface area (Å²) >= 11 is 2.15. The summed E-state index contributed by atoms with van der Waals surface area (Å²) in [6, 6.07) is 3.97. The molecule has 2 saturated heterocycles. The fourth-order valence-corrected chi connectivity index (χ4v) is 3.00. The van der Waals surface area contributed by atoms with Gasteiger partial charge in [-0.05, 0) is 34.7 Å². The molecule has 0 bridgehead atoms. The number of hydrogen-bond acceptors (Lipinski definition) is 6. The largest absolute Gasteiger partial charge is 0.378 e. The number of aromatic nitrogens is 2. The molecule has 0 aromatic carbocycles. The molecule has 0 saturated carbocycles. The second-order valence-electron chi connectivity index (χ2n) is 5.47. The van der Waals surface area contributed by atoms with E-state index in [4.69, 9.17) is 4.74 Å². The Labute approximate surface area is 143 Å². The Hall–Kier alpha value is -1.00. The van der Waals surface area contributed by atoms with Crippen molar-refractivity contribution in [3.05, 3.63) is 15.8 Å². The van der Waals surface area contributed by atoms with E-state index >= 15 is 0 Å². The van der Waals surface area contributed by atoms with Gasteiger partial charge in [-0.2, -0.15) is 0 Å². The summed E-state index contributed by atoms with van der Waals surface area (Å²) in [4.78, 5) is 18.6. The molecule has 0 unspecified atom stereocenters. The first-order chi connectivity index (χ1) is 10.7. The zero-order valence-corrected chi connectivity index (χ0v) is 14.6. The minimum absolute atomic E-state index is 0.214. The van der Waals surface area contributed by atoms with E-state index in [1.807, 2.05) is 17.0 Å². The maximum absolute atomic E-state index is 12.2. The normalized spacial score (nSPS) is 20.2. The number of hydrogen-bond donors (Lipinski definition) is 0. The molecule has 22 heavy (non-hydrogen) atoms. The van der Waals surface area contributed by atoms with Gasteiger partial charge in [-0.15, -0.1) is 10.2 Å². The lowest BCUT2D eigenvalue weighted by Crippen LogP contribution is -2.51. The van der Waals surface area contributed by atoms with Crippen molar-refractivity contribution in [2.75, 3.05) is 63.9 Å². The first-order valence-electron chi connectivity index (χ1n) is 7.54. The van der Waals surface area contributed by atoms with E-state index in [-0.39, 0.29) is 5.91 Å². The molecule has 1 amide bonds. The summed E-state index contributed by atoms with van der Waals surface area (Å²) < 4.78 is 6.18. The quantitative estimate of drug-likeness (QED) is 0.649. The highest BCUT2D eigenvalue weighted by Gasteiger charge is 2.23. The molecule has 0 atom stereocenters. The molecule has 2 aliphatic heterocycles. The van der Waals surface area contributed by atoms with Crippen LogP contribution in [0, 0.1) is 3.70 Å². The molecule has 0 spiro atoms. The fraction of sp³-hybridized carbons (Fsp3) is 0.643. The predicted molar refractivity (Wildman–Crippen MR) is 90.8 cm³/mol. The van der Waals surface area contributed by atoms with Gasteiger partial charge >= 0.3 is 0 Å². The SMILES string of the molecule is O=C(CN1CCN(c2ccc(I)nn2)CC1)N1CCOCC1. The Morgan fingerprint density at radius 1 is 1.09 bits per heavy atom. The van der Waals surface area contributed by atoms with Crippen molar-refractivity contribution in [1.29, 1.82) is 0 Å². The number of halogens is 1. The third kappa shape index (κ3) is 4.05. The van der Waals surface area contributed by atoms with Gasteiger partial charge in [-0.1, -0.05) is 0 Å². The van der Waals surface area contributed by atoms with Crippen LogP contribution < -0.4 is 4.90 Å². The van der Waals surface area contributed by atoms with Crippen LogP contribution in [-0.2, 0) is 9.53 Å². The molecule has 2 aliphatic rings. The number of anilines is 1. The summed E-state index contributed by atoms with van der Waals surface area (Å²) in [5, 5.41) is 8.31. The van der Waals surface area contributed by atoms with Crippen molar-refractivity contribution in [1.82, 2.24) is 20.0 Å². The minimum Gasteiger partial charge on any atom is -0.378 e. The molecular weight excluding hydrogens is 397 g/mol. The average Bonchev–Trinajstić information content (AvgIpc) is 2.57. The van der Waals surface area contributed by atoms with E-state index in [1.165, 1.54) is 0 Å². The van der Waals surface area contributed by atoms with Crippen LogP contribution in [0.15, 0.2) is 12.1 Å². The van der Waals surface area contributed by atoms with Gasteiger partial charge in [0.2, 0.25) is 5.91 Å². The Bertz CT molecular complexity index is 498. The minimum atomic E-state index is 0.214. The zero-order valence-electron chi connectivity index (χ0n) is 12.4. The molecule has 0 radical (unpaired) electrons. The molecule has 2 fully saturated rings. The first kappa shape index (κ1) is 15.9. The molecule has 3 heterocycles. The Balaban J connectivity index is 1.47. The summed E-state index contributed by atoms with van der Waals surface area (Å²) in [5.74, 6) is 1.13. The van der Waals surface area contributed by atoms with Crippen molar-refractivity contribution in [2.24, 2.45) is 0 Å². The summed E-state index contributed by atoms with van der Waals surface area (Å²) in [7, 11) is 0. The number of rotatable bonds is 3. The predicted octanol–water partition coefficient (Wildman–Crippen LogP) is 0.0620. The third-order valence-corrected chi connectivity index (χ3v) is 4.61. The van der Waals surface area contributed by atoms with Crippen LogP contribution in [-0.4, -0.2) is 84.9 Å².